The molecule has 2 unspecified atom stereocenters. The predicted molar refractivity (Wildman–Crippen MR) is 270 cm³/mol. The van der Waals surface area contributed by atoms with E-state index in [1.165, 1.54) is 25.3 Å². The largest absolute Gasteiger partial charge is 0.468 e. The maximum absolute atomic E-state index is 18.0. The Morgan fingerprint density at radius 2 is 1.50 bits per heavy atom. The average molecular weight is 975 g/mol. The number of methoxy groups -OCH3 is 1. The Labute approximate surface area is 404 Å². The van der Waals surface area contributed by atoms with Crippen molar-refractivity contribution >= 4 is 50.0 Å². The number of nitrogens with zero attached hydrogens (tertiary/aromatic N) is 4. The summed E-state index contributed by atoms with van der Waals surface area (Å²) in [5, 5.41) is 0.925. The molecule has 1 aliphatic carbocycles. The van der Waals surface area contributed by atoms with Gasteiger partial charge in [-0.2, -0.15) is 9.97 Å². The number of amides is 1. The smallest absolute Gasteiger partial charge is 0.410 e. The van der Waals surface area contributed by atoms with Crippen molar-refractivity contribution in [3.05, 3.63) is 53.3 Å². The van der Waals surface area contributed by atoms with Crippen LogP contribution in [0.4, 0.5) is 23.8 Å². The van der Waals surface area contributed by atoms with Crippen molar-refractivity contribution in [2.75, 3.05) is 45.1 Å². The van der Waals surface area contributed by atoms with Crippen LogP contribution >= 0.6 is 0 Å². The molecule has 7 rings (SSSR count). The number of rotatable bonds is 14. The lowest BCUT2D eigenvalue weighted by molar-refractivity contribution is 0.0122. The number of hydrogen-bond donors (Lipinski definition) is 0. The van der Waals surface area contributed by atoms with Gasteiger partial charge < -0.3 is 28.3 Å². The molecule has 0 N–H and O–H groups in total. The molecule has 1 saturated carbocycles. The van der Waals surface area contributed by atoms with Crippen molar-refractivity contribution in [2.24, 2.45) is 5.41 Å². The first-order chi connectivity index (χ1) is 31.7. The summed E-state index contributed by atoms with van der Waals surface area (Å²) in [4.78, 5) is 26.9. The molecule has 2 atom stereocenters. The number of halogens is 3. The van der Waals surface area contributed by atoms with E-state index in [1.807, 2.05) is 25.7 Å². The van der Waals surface area contributed by atoms with E-state index in [2.05, 4.69) is 86.9 Å². The Hall–Kier alpha value is -4.37. The topological polar surface area (TPSA) is 95.5 Å². The fourth-order valence-electron chi connectivity index (χ4n) is 10.2. The zero-order valence-electron chi connectivity index (χ0n) is 43.0. The number of ether oxygens (including phenoxy) is 4. The van der Waals surface area contributed by atoms with Crippen LogP contribution in [-0.4, -0.2) is 95.2 Å². The van der Waals surface area contributed by atoms with Gasteiger partial charge in [0.25, 0.3) is 0 Å². The van der Waals surface area contributed by atoms with Gasteiger partial charge in [0.2, 0.25) is 0 Å². The molecule has 4 aromatic rings. The number of anilines is 1. The first kappa shape index (κ1) is 51.5. The molecule has 3 fully saturated rings. The normalized spacial score (nSPS) is 18.5. The van der Waals surface area contributed by atoms with E-state index in [4.69, 9.17) is 33.3 Å². The molecule has 3 aliphatic rings. The average Bonchev–Trinajstić information content (AvgIpc) is 3.96. The molecule has 370 valence electrons. The standard InChI is InChI=1S/C53H73F3N4O6Si2/c1-32(2)68(33(3)4,34(5)6)23-20-39-42(54)19-16-35-24-38(64-31-62-13)25-40(44(35)39)45-43(55)26-41-47(46(45)56)57-49(63-29-53(21-22-53)30-65-67(14,15)52(10,11)12)58-48(41)59-27-36-17-18-37(28-59)60(36)50(61)66-51(7,8)9/h16,19,24-26,32-34,36-37H,17-18,21-22,27-31H2,1-15H3. The lowest BCUT2D eigenvalue weighted by Crippen LogP contribution is -2.57. The van der Waals surface area contributed by atoms with Crippen LogP contribution < -0.4 is 14.4 Å². The highest BCUT2D eigenvalue weighted by atomic mass is 28.4. The van der Waals surface area contributed by atoms with Gasteiger partial charge in [-0.3, -0.25) is 4.90 Å². The van der Waals surface area contributed by atoms with Crippen molar-refractivity contribution in [3.8, 4) is 34.4 Å². The summed E-state index contributed by atoms with van der Waals surface area (Å²) in [6.45, 7) is 31.0. The molecule has 2 saturated heterocycles. The SMILES string of the molecule is COCOc1cc(-c2c(F)cc3c(N4CC5CCC(C4)N5C(=O)OC(C)(C)C)nc(OCC4(CO[Si](C)(C)C(C)(C)C)CC4)nc3c2F)c2c(C#C[Si](C(C)C)(C(C)C)C(C)C)c(F)ccc2c1. The van der Waals surface area contributed by atoms with Crippen molar-refractivity contribution in [1.82, 2.24) is 14.9 Å². The minimum Gasteiger partial charge on any atom is -0.468 e. The minimum atomic E-state index is -2.39. The molecule has 15 heteroatoms. The Kier molecular flexibility index (Phi) is 14.5. The second-order valence-corrected chi connectivity index (χ2v) is 33.4. The van der Waals surface area contributed by atoms with Gasteiger partial charge in [0.05, 0.1) is 29.8 Å². The molecular formula is C53H73F3N4O6Si2. The van der Waals surface area contributed by atoms with E-state index >= 15 is 13.2 Å². The number of carbonyl (C=O) groups excluding carboxylic acids is 1. The second kappa shape index (κ2) is 19.1. The fourth-order valence-corrected chi connectivity index (χ4v) is 16.5. The number of carbonyl (C=O) groups is 1. The maximum Gasteiger partial charge on any atom is 0.410 e. The van der Waals surface area contributed by atoms with E-state index < -0.39 is 45.0 Å². The van der Waals surface area contributed by atoms with E-state index in [9.17, 15) is 4.79 Å². The lowest BCUT2D eigenvalue weighted by Gasteiger charge is -2.42. The molecule has 68 heavy (non-hydrogen) atoms. The molecule has 3 aromatic carbocycles. The summed E-state index contributed by atoms with van der Waals surface area (Å²) in [6.07, 6.45) is 2.89. The number of aromatic nitrogens is 2. The van der Waals surface area contributed by atoms with Gasteiger partial charge in [-0.05, 0) is 111 Å². The molecule has 1 amide bonds. The molecule has 0 radical (unpaired) electrons. The van der Waals surface area contributed by atoms with Gasteiger partial charge in [-0.15, -0.1) is 5.54 Å². The number of benzene rings is 3. The summed E-state index contributed by atoms with van der Waals surface area (Å²) >= 11 is 0. The van der Waals surface area contributed by atoms with Crippen molar-refractivity contribution in [1.29, 1.82) is 0 Å². The van der Waals surface area contributed by atoms with Gasteiger partial charge >= 0.3 is 12.1 Å². The van der Waals surface area contributed by atoms with E-state index in [0.29, 0.717) is 30.9 Å². The van der Waals surface area contributed by atoms with Crippen LogP contribution in [0.15, 0.2) is 30.3 Å². The maximum atomic E-state index is 18.0. The third kappa shape index (κ3) is 10.1. The van der Waals surface area contributed by atoms with Crippen LogP contribution in [0.5, 0.6) is 11.8 Å². The van der Waals surface area contributed by atoms with E-state index in [-0.39, 0.29) is 97.8 Å². The highest BCUT2D eigenvalue weighted by molar-refractivity contribution is 6.90. The van der Waals surface area contributed by atoms with Crippen LogP contribution in [0.3, 0.4) is 0 Å². The second-order valence-electron chi connectivity index (χ2n) is 23.0. The summed E-state index contributed by atoms with van der Waals surface area (Å²) < 4.78 is 82.0. The quantitative estimate of drug-likeness (QED) is 0.0695. The van der Waals surface area contributed by atoms with Gasteiger partial charge in [0.15, 0.2) is 20.9 Å². The molecule has 1 aromatic heterocycles. The molecule has 0 spiro atoms. The van der Waals surface area contributed by atoms with Gasteiger partial charge in [0, 0.05) is 48.6 Å². The molecule has 10 nitrogen and oxygen atoms in total. The number of hydrogen-bond acceptors (Lipinski definition) is 9. The Morgan fingerprint density at radius 1 is 0.868 bits per heavy atom. The highest BCUT2D eigenvalue weighted by Crippen LogP contribution is 2.49. The van der Waals surface area contributed by atoms with Crippen molar-refractivity contribution < 1.29 is 41.3 Å². The minimum absolute atomic E-state index is 0.0279. The Morgan fingerprint density at radius 3 is 2.06 bits per heavy atom. The summed E-state index contributed by atoms with van der Waals surface area (Å²) in [6, 6.07) is 6.92. The van der Waals surface area contributed by atoms with Crippen LogP contribution in [0.2, 0.25) is 34.8 Å². The monoisotopic (exact) mass is 975 g/mol. The fraction of sp³-hybridized carbons (Fsp3) is 0.604. The van der Waals surface area contributed by atoms with Gasteiger partial charge in [-0.1, -0.05) is 74.3 Å². The molecule has 2 bridgehead atoms. The Bertz CT molecular complexity index is 2580. The molecule has 2 aliphatic heterocycles. The zero-order chi connectivity index (χ0) is 49.9. The predicted octanol–water partition coefficient (Wildman–Crippen LogP) is 13.2. The van der Waals surface area contributed by atoms with Crippen LogP contribution in [0, 0.1) is 34.3 Å². The van der Waals surface area contributed by atoms with Gasteiger partial charge in [-0.25, -0.2) is 18.0 Å². The molecule has 3 heterocycles. The van der Waals surface area contributed by atoms with E-state index in [1.54, 1.807) is 17.0 Å². The van der Waals surface area contributed by atoms with Gasteiger partial charge in [0.1, 0.15) is 42.4 Å². The van der Waals surface area contributed by atoms with Crippen LogP contribution in [0.25, 0.3) is 32.8 Å². The zero-order valence-corrected chi connectivity index (χ0v) is 45.0. The highest BCUT2D eigenvalue weighted by Gasteiger charge is 2.49. The van der Waals surface area contributed by atoms with Crippen LogP contribution in [-0.2, 0) is 13.9 Å². The van der Waals surface area contributed by atoms with E-state index in [0.717, 1.165) is 25.7 Å². The lowest BCUT2D eigenvalue weighted by atomic mass is 9.92. The van der Waals surface area contributed by atoms with Crippen LogP contribution in [0.1, 0.15) is 114 Å². The van der Waals surface area contributed by atoms with Crippen molar-refractivity contribution in [3.63, 3.8) is 0 Å². The third-order valence-corrected chi connectivity index (χ3v) is 25.9. The Balaban J connectivity index is 1.40. The first-order valence-corrected chi connectivity index (χ1v) is 29.5. The first-order valence-electron chi connectivity index (χ1n) is 24.4. The summed E-state index contributed by atoms with van der Waals surface area (Å²) in [5.41, 5.74) is 3.06. The third-order valence-electron chi connectivity index (χ3n) is 15.2. The summed E-state index contributed by atoms with van der Waals surface area (Å²) in [5.74, 6) is 1.40. The number of fused-ring (bicyclic) bond motifs is 4. The van der Waals surface area contributed by atoms with Crippen molar-refractivity contribution in [2.45, 2.75) is 161 Å². The molecular weight excluding hydrogens is 902 g/mol. The number of piperazine rings is 1. The summed E-state index contributed by atoms with van der Waals surface area (Å²) in [7, 11) is -2.97.